The van der Waals surface area contributed by atoms with E-state index < -0.39 is 17.2 Å². The van der Waals surface area contributed by atoms with E-state index in [0.29, 0.717) is 18.8 Å². The number of carbonyl (C=O) groups is 1. The van der Waals surface area contributed by atoms with Crippen LogP contribution in [0.25, 0.3) is 0 Å². The molecule has 0 saturated carbocycles. The fourth-order valence-electron chi connectivity index (χ4n) is 2.14. The van der Waals surface area contributed by atoms with Gasteiger partial charge in [0, 0.05) is 11.6 Å². The normalized spacial score (nSPS) is 15.3. The molecule has 1 aromatic heterocycles. The van der Waals surface area contributed by atoms with E-state index in [1.807, 2.05) is 0 Å². The SMILES string of the molecule is O=C(Oc1ccc(C2OCCCO2)cc1[N+](=O)[O-])c1ccco1. The summed E-state index contributed by atoms with van der Waals surface area (Å²) >= 11 is 0. The summed E-state index contributed by atoms with van der Waals surface area (Å²) in [4.78, 5) is 22.5. The van der Waals surface area contributed by atoms with E-state index in [1.165, 1.54) is 30.5 Å². The first kappa shape index (κ1) is 15.2. The molecule has 0 N–H and O–H groups in total. The Balaban J connectivity index is 1.85. The minimum atomic E-state index is -0.809. The third-order valence-electron chi connectivity index (χ3n) is 3.20. The number of esters is 1. The minimum Gasteiger partial charge on any atom is -0.457 e. The second kappa shape index (κ2) is 6.59. The lowest BCUT2D eigenvalue weighted by atomic mass is 10.1. The van der Waals surface area contributed by atoms with Crippen molar-refractivity contribution < 1.29 is 28.3 Å². The summed E-state index contributed by atoms with van der Waals surface area (Å²) in [5.74, 6) is -1.02. The topological polar surface area (TPSA) is 101 Å². The maximum atomic E-state index is 11.8. The highest BCUT2D eigenvalue weighted by Gasteiger charge is 2.24. The quantitative estimate of drug-likeness (QED) is 0.369. The maximum absolute atomic E-state index is 11.8. The molecule has 2 aromatic rings. The molecule has 0 amide bonds. The zero-order valence-corrected chi connectivity index (χ0v) is 12.0. The molecule has 2 heterocycles. The van der Waals surface area contributed by atoms with Crippen molar-refractivity contribution in [3.63, 3.8) is 0 Å². The maximum Gasteiger partial charge on any atom is 0.379 e. The first-order chi connectivity index (χ1) is 11.1. The van der Waals surface area contributed by atoms with Gasteiger partial charge in [-0.25, -0.2) is 4.79 Å². The molecule has 3 rings (SSSR count). The summed E-state index contributed by atoms with van der Waals surface area (Å²) in [6.07, 6.45) is 1.43. The van der Waals surface area contributed by atoms with Crippen molar-refractivity contribution in [2.24, 2.45) is 0 Å². The highest BCUT2D eigenvalue weighted by Crippen LogP contribution is 2.33. The van der Waals surface area contributed by atoms with Gasteiger partial charge >= 0.3 is 11.7 Å². The van der Waals surface area contributed by atoms with Crippen LogP contribution >= 0.6 is 0 Å². The van der Waals surface area contributed by atoms with Crippen molar-refractivity contribution in [2.45, 2.75) is 12.7 Å². The molecule has 0 aliphatic carbocycles. The molecule has 8 nitrogen and oxygen atoms in total. The number of nitro benzene ring substituents is 1. The van der Waals surface area contributed by atoms with Gasteiger partial charge in [-0.2, -0.15) is 0 Å². The number of rotatable bonds is 4. The van der Waals surface area contributed by atoms with Gasteiger partial charge in [-0.05, 0) is 30.7 Å². The van der Waals surface area contributed by atoms with Gasteiger partial charge in [0.2, 0.25) is 11.5 Å². The molecule has 0 radical (unpaired) electrons. The second-order valence-corrected chi connectivity index (χ2v) is 4.78. The summed E-state index contributed by atoms with van der Waals surface area (Å²) in [6.45, 7) is 1.04. The molecule has 8 heteroatoms. The Morgan fingerprint density at radius 1 is 1.26 bits per heavy atom. The fraction of sp³-hybridized carbons (Fsp3) is 0.267. The van der Waals surface area contributed by atoms with Crippen LogP contribution in [0, 0.1) is 10.1 Å². The molecule has 0 bridgehead atoms. The number of furan rings is 1. The van der Waals surface area contributed by atoms with E-state index in [9.17, 15) is 14.9 Å². The molecule has 23 heavy (non-hydrogen) atoms. The number of ether oxygens (including phenoxy) is 3. The zero-order valence-electron chi connectivity index (χ0n) is 12.0. The Hall–Kier alpha value is -2.71. The van der Waals surface area contributed by atoms with Crippen LogP contribution in [0.1, 0.15) is 28.8 Å². The van der Waals surface area contributed by atoms with E-state index in [0.717, 1.165) is 6.42 Å². The lowest BCUT2D eigenvalue weighted by Gasteiger charge is -2.23. The van der Waals surface area contributed by atoms with Crippen molar-refractivity contribution in [1.29, 1.82) is 0 Å². The fourth-order valence-corrected chi connectivity index (χ4v) is 2.14. The summed E-state index contributed by atoms with van der Waals surface area (Å²) in [5.41, 5.74) is 0.148. The van der Waals surface area contributed by atoms with E-state index in [-0.39, 0.29) is 17.2 Å². The smallest absolute Gasteiger partial charge is 0.379 e. The largest absolute Gasteiger partial charge is 0.457 e. The lowest BCUT2D eigenvalue weighted by molar-refractivity contribution is -0.385. The second-order valence-electron chi connectivity index (χ2n) is 4.78. The van der Waals surface area contributed by atoms with Crippen LogP contribution in [0.3, 0.4) is 0 Å². The van der Waals surface area contributed by atoms with Crippen molar-refractivity contribution in [2.75, 3.05) is 13.2 Å². The molecule has 1 aromatic carbocycles. The molecule has 0 spiro atoms. The van der Waals surface area contributed by atoms with Crippen LogP contribution in [-0.2, 0) is 9.47 Å². The summed E-state index contributed by atoms with van der Waals surface area (Å²) < 4.78 is 20.8. The standard InChI is InChI=1S/C15H13NO7/c17-14(13-3-1-6-20-13)23-12-5-4-10(9-11(12)16(18)19)15-21-7-2-8-22-15/h1,3-6,9,15H,2,7-8H2. The number of hydrogen-bond acceptors (Lipinski definition) is 7. The zero-order chi connectivity index (χ0) is 16.2. The molecule has 120 valence electrons. The van der Waals surface area contributed by atoms with Gasteiger partial charge in [0.1, 0.15) is 0 Å². The molecule has 1 aliphatic heterocycles. The third kappa shape index (κ3) is 3.38. The number of benzene rings is 1. The predicted octanol–water partition coefficient (Wildman–Crippen LogP) is 2.84. The van der Waals surface area contributed by atoms with Crippen LogP contribution in [-0.4, -0.2) is 24.1 Å². The Morgan fingerprint density at radius 3 is 2.70 bits per heavy atom. The monoisotopic (exact) mass is 319 g/mol. The Bertz CT molecular complexity index is 705. The van der Waals surface area contributed by atoms with E-state index in [2.05, 4.69) is 0 Å². The van der Waals surface area contributed by atoms with Crippen LogP contribution in [0.15, 0.2) is 41.0 Å². The van der Waals surface area contributed by atoms with Crippen LogP contribution in [0.4, 0.5) is 5.69 Å². The van der Waals surface area contributed by atoms with Crippen LogP contribution < -0.4 is 4.74 Å². The molecule has 1 aliphatic rings. The molecule has 0 atom stereocenters. The van der Waals surface area contributed by atoms with Gasteiger partial charge in [0.05, 0.1) is 24.4 Å². The number of carbonyl (C=O) groups excluding carboxylic acids is 1. The van der Waals surface area contributed by atoms with Gasteiger partial charge in [0.25, 0.3) is 0 Å². The van der Waals surface area contributed by atoms with Gasteiger partial charge in [-0.3, -0.25) is 10.1 Å². The number of nitrogens with zero attached hydrogens (tertiary/aromatic N) is 1. The average molecular weight is 319 g/mol. The molecule has 1 saturated heterocycles. The molecule has 0 unspecified atom stereocenters. The minimum absolute atomic E-state index is 0.0395. The highest BCUT2D eigenvalue weighted by molar-refractivity contribution is 5.88. The van der Waals surface area contributed by atoms with Gasteiger partial charge in [-0.15, -0.1) is 0 Å². The highest BCUT2D eigenvalue weighted by atomic mass is 16.7. The molecule has 1 fully saturated rings. The van der Waals surface area contributed by atoms with Crippen LogP contribution in [0.2, 0.25) is 0 Å². The first-order valence-electron chi connectivity index (χ1n) is 6.92. The van der Waals surface area contributed by atoms with E-state index >= 15 is 0 Å². The summed E-state index contributed by atoms with van der Waals surface area (Å²) in [6, 6.07) is 7.11. The van der Waals surface area contributed by atoms with E-state index in [1.54, 1.807) is 6.07 Å². The van der Waals surface area contributed by atoms with Crippen molar-refractivity contribution in [1.82, 2.24) is 0 Å². The number of nitro groups is 1. The first-order valence-corrected chi connectivity index (χ1v) is 6.92. The molecular formula is C15H13NO7. The average Bonchev–Trinajstić information content (AvgIpc) is 3.10. The Labute approximate surface area is 130 Å². The predicted molar refractivity (Wildman–Crippen MR) is 76.0 cm³/mol. The van der Waals surface area contributed by atoms with Crippen molar-refractivity contribution >= 4 is 11.7 Å². The third-order valence-corrected chi connectivity index (χ3v) is 3.20. The molecular weight excluding hydrogens is 306 g/mol. The Kier molecular flexibility index (Phi) is 4.35. The van der Waals surface area contributed by atoms with Crippen molar-refractivity contribution in [3.05, 3.63) is 58.0 Å². The van der Waals surface area contributed by atoms with Crippen molar-refractivity contribution in [3.8, 4) is 5.75 Å². The van der Waals surface area contributed by atoms with E-state index in [4.69, 9.17) is 18.6 Å². The van der Waals surface area contributed by atoms with Gasteiger partial charge < -0.3 is 18.6 Å². The number of hydrogen-bond donors (Lipinski definition) is 0. The summed E-state index contributed by atoms with van der Waals surface area (Å²) in [7, 11) is 0. The van der Waals surface area contributed by atoms with Gasteiger partial charge in [0.15, 0.2) is 6.29 Å². The van der Waals surface area contributed by atoms with Crippen LogP contribution in [0.5, 0.6) is 5.75 Å². The van der Waals surface area contributed by atoms with Gasteiger partial charge in [-0.1, -0.05) is 0 Å². The lowest BCUT2D eigenvalue weighted by Crippen LogP contribution is -2.18. The Morgan fingerprint density at radius 2 is 2.04 bits per heavy atom. The summed E-state index contributed by atoms with van der Waals surface area (Å²) in [5, 5.41) is 11.2.